The van der Waals surface area contributed by atoms with E-state index in [1.54, 1.807) is 5.57 Å². The minimum Gasteiger partial charge on any atom is -0.367 e. The maximum Gasteiger partial charge on any atom is 0.00971 e. The molecule has 0 spiro atoms. The molecule has 3 aliphatic rings. The molecule has 1 heterocycles. The maximum atomic E-state index is 3.21. The van der Waals surface area contributed by atoms with E-state index in [9.17, 15) is 0 Å². The summed E-state index contributed by atoms with van der Waals surface area (Å²) in [5.41, 5.74) is 5.36. The lowest BCUT2D eigenvalue weighted by Gasteiger charge is -2.32. The molecule has 0 aromatic carbocycles. The van der Waals surface area contributed by atoms with Gasteiger partial charge in [0.15, 0.2) is 0 Å². The first-order valence-corrected chi connectivity index (χ1v) is 12.5. The van der Waals surface area contributed by atoms with Crippen molar-refractivity contribution in [3.63, 3.8) is 0 Å². The molecule has 0 aromatic rings. The predicted molar refractivity (Wildman–Crippen MR) is 132 cm³/mol. The molecule has 1 heteroatoms. The van der Waals surface area contributed by atoms with Crippen LogP contribution < -0.4 is 5.32 Å². The van der Waals surface area contributed by atoms with Crippen LogP contribution in [-0.4, -0.2) is 0 Å². The van der Waals surface area contributed by atoms with E-state index in [-0.39, 0.29) is 0 Å². The van der Waals surface area contributed by atoms with Gasteiger partial charge in [-0.15, -0.1) is 0 Å². The summed E-state index contributed by atoms with van der Waals surface area (Å²) in [5, 5.41) is 3.21. The average Bonchev–Trinajstić information content (AvgIpc) is 2.96. The lowest BCUT2D eigenvalue weighted by molar-refractivity contribution is 0.368. The molecule has 0 aromatic heterocycles. The summed E-state index contributed by atoms with van der Waals surface area (Å²) in [6.45, 7) is 10.4. The zero-order valence-electron chi connectivity index (χ0n) is 20.0. The lowest BCUT2D eigenvalue weighted by atomic mass is 9.72. The molecule has 1 unspecified atom stereocenters. The average molecular weight is 398 g/mol. The lowest BCUT2D eigenvalue weighted by Crippen LogP contribution is -2.20. The molecule has 1 nitrogen and oxygen atoms in total. The minimum absolute atomic E-state index is 0.435. The summed E-state index contributed by atoms with van der Waals surface area (Å²) >= 11 is 0. The van der Waals surface area contributed by atoms with Gasteiger partial charge in [0.2, 0.25) is 0 Å². The zero-order chi connectivity index (χ0) is 21.4. The van der Waals surface area contributed by atoms with E-state index in [0.717, 1.165) is 0 Å². The van der Waals surface area contributed by atoms with E-state index in [1.807, 2.05) is 39.5 Å². The van der Waals surface area contributed by atoms with Crippen LogP contribution in [0, 0.1) is 5.41 Å². The summed E-state index contributed by atoms with van der Waals surface area (Å²) in [6, 6.07) is 0. The Balaban J connectivity index is 0.000000989. The zero-order valence-corrected chi connectivity index (χ0v) is 20.0. The van der Waals surface area contributed by atoms with Crippen molar-refractivity contribution in [1.82, 2.24) is 5.32 Å². The fraction of sp³-hybridized carbons (Fsp3) is 0.643. The molecule has 164 valence electrons. The predicted octanol–water partition coefficient (Wildman–Crippen LogP) is 9.16. The standard InChI is InChI=1S/C24H35N.2C2H6/c1-2-24(18-16-22-14-7-8-15-23(22)24)17-10-5-3-4-6-12-21-13-9-11-19-25-20-21;2*1-2/h9,11,13,16,18-20,25H,2-8,10,12,14-15,17H2,1H3;2*1-2H3. The summed E-state index contributed by atoms with van der Waals surface area (Å²) in [4.78, 5) is 0. The number of rotatable bonds is 9. The fourth-order valence-corrected chi connectivity index (χ4v) is 4.73. The topological polar surface area (TPSA) is 12.0 Å². The number of nitrogens with one attached hydrogen (secondary N) is 1. The molecule has 1 aliphatic heterocycles. The van der Waals surface area contributed by atoms with Gasteiger partial charge >= 0.3 is 0 Å². The molecule has 3 rings (SSSR count). The van der Waals surface area contributed by atoms with Gasteiger partial charge in [0.05, 0.1) is 0 Å². The van der Waals surface area contributed by atoms with Crippen LogP contribution in [0.5, 0.6) is 0 Å². The molecule has 29 heavy (non-hydrogen) atoms. The highest BCUT2D eigenvalue weighted by atomic mass is 14.8. The monoisotopic (exact) mass is 397 g/mol. The van der Waals surface area contributed by atoms with Gasteiger partial charge < -0.3 is 5.32 Å². The second-order valence-corrected chi connectivity index (χ2v) is 7.93. The third-order valence-electron chi connectivity index (χ3n) is 6.32. The van der Waals surface area contributed by atoms with Crippen LogP contribution in [0.4, 0.5) is 0 Å². The first-order valence-electron chi connectivity index (χ1n) is 12.5. The Morgan fingerprint density at radius 3 is 2.38 bits per heavy atom. The molecule has 0 bridgehead atoms. The highest BCUT2D eigenvalue weighted by molar-refractivity contribution is 5.42. The van der Waals surface area contributed by atoms with E-state index in [1.165, 1.54) is 82.6 Å². The smallest absolute Gasteiger partial charge is 0.00971 e. The number of unbranched alkanes of at least 4 members (excludes halogenated alkanes) is 4. The van der Waals surface area contributed by atoms with Crippen molar-refractivity contribution >= 4 is 0 Å². The summed E-state index contributed by atoms with van der Waals surface area (Å²) in [5.74, 6) is 0. The second kappa shape index (κ2) is 15.4. The van der Waals surface area contributed by atoms with Gasteiger partial charge in [0.25, 0.3) is 0 Å². The summed E-state index contributed by atoms with van der Waals surface area (Å²) < 4.78 is 0. The van der Waals surface area contributed by atoms with Crippen molar-refractivity contribution in [2.75, 3.05) is 0 Å². The molecule has 1 N–H and O–H groups in total. The van der Waals surface area contributed by atoms with Crippen molar-refractivity contribution in [2.45, 2.75) is 112 Å². The van der Waals surface area contributed by atoms with Crippen molar-refractivity contribution in [1.29, 1.82) is 0 Å². The van der Waals surface area contributed by atoms with Gasteiger partial charge in [-0.25, -0.2) is 0 Å². The quantitative estimate of drug-likeness (QED) is 0.382. The van der Waals surface area contributed by atoms with Crippen LogP contribution in [0.2, 0.25) is 0 Å². The third-order valence-corrected chi connectivity index (χ3v) is 6.32. The Bertz CT molecular complexity index is 587. The van der Waals surface area contributed by atoms with E-state index >= 15 is 0 Å². The Labute approximate surface area is 182 Å². The first kappa shape index (κ1) is 25.5. The van der Waals surface area contributed by atoms with Crippen LogP contribution in [0.25, 0.3) is 0 Å². The van der Waals surface area contributed by atoms with Crippen molar-refractivity contribution in [3.8, 4) is 0 Å². The third kappa shape index (κ3) is 8.03. The van der Waals surface area contributed by atoms with Crippen LogP contribution in [0.15, 0.2) is 59.5 Å². The van der Waals surface area contributed by atoms with Gasteiger partial charge in [-0.3, -0.25) is 0 Å². The second-order valence-electron chi connectivity index (χ2n) is 7.93. The summed E-state index contributed by atoms with van der Waals surface area (Å²) in [7, 11) is 0. The number of hydrogen-bond donors (Lipinski definition) is 1. The molecule has 0 amide bonds. The van der Waals surface area contributed by atoms with Gasteiger partial charge in [0, 0.05) is 17.8 Å². The van der Waals surface area contributed by atoms with Gasteiger partial charge in [-0.2, -0.15) is 0 Å². The molecule has 0 saturated carbocycles. The molecule has 2 aliphatic carbocycles. The summed E-state index contributed by atoms with van der Waals surface area (Å²) in [6.07, 6.45) is 31.8. The van der Waals surface area contributed by atoms with E-state index in [2.05, 4.69) is 48.8 Å². The molecular formula is C28H47N. The first-order chi connectivity index (χ1) is 14.3. The Kier molecular flexibility index (Phi) is 13.5. The van der Waals surface area contributed by atoms with Gasteiger partial charge in [0.1, 0.15) is 0 Å². The van der Waals surface area contributed by atoms with E-state index < -0.39 is 0 Å². The molecule has 0 saturated heterocycles. The van der Waals surface area contributed by atoms with Crippen molar-refractivity contribution in [3.05, 3.63) is 59.5 Å². The Morgan fingerprint density at radius 1 is 0.862 bits per heavy atom. The Hall–Kier alpha value is -1.50. The van der Waals surface area contributed by atoms with Crippen LogP contribution in [0.3, 0.4) is 0 Å². The Morgan fingerprint density at radius 2 is 1.59 bits per heavy atom. The normalized spacial score (nSPS) is 21.9. The van der Waals surface area contributed by atoms with Crippen molar-refractivity contribution < 1.29 is 0 Å². The van der Waals surface area contributed by atoms with Crippen LogP contribution in [-0.2, 0) is 0 Å². The fourth-order valence-electron chi connectivity index (χ4n) is 4.73. The number of hydrogen-bond acceptors (Lipinski definition) is 1. The molecular weight excluding hydrogens is 350 g/mol. The van der Waals surface area contributed by atoms with Gasteiger partial charge in [-0.1, -0.05) is 90.2 Å². The number of allylic oxidation sites excluding steroid dienone is 8. The van der Waals surface area contributed by atoms with Crippen LogP contribution in [0.1, 0.15) is 112 Å². The van der Waals surface area contributed by atoms with Gasteiger partial charge in [-0.05, 0) is 68.6 Å². The maximum absolute atomic E-state index is 3.21. The SMILES string of the molecule is CC.CC.CCC1(CCCCCCCC2=CNC=CC=C2)C=CC2=C1CCCC2. The van der Waals surface area contributed by atoms with Crippen molar-refractivity contribution in [2.24, 2.45) is 5.41 Å². The molecule has 0 radical (unpaired) electrons. The minimum atomic E-state index is 0.435. The molecule has 0 fully saturated rings. The highest BCUT2D eigenvalue weighted by Crippen LogP contribution is 2.49. The highest BCUT2D eigenvalue weighted by Gasteiger charge is 2.35. The largest absolute Gasteiger partial charge is 0.367 e. The van der Waals surface area contributed by atoms with E-state index in [4.69, 9.17) is 0 Å². The molecule has 1 atom stereocenters. The van der Waals surface area contributed by atoms with Crippen LogP contribution >= 0.6 is 0 Å². The van der Waals surface area contributed by atoms with E-state index in [0.29, 0.717) is 5.41 Å².